The second-order valence-corrected chi connectivity index (χ2v) is 5.71. The lowest BCUT2D eigenvalue weighted by molar-refractivity contribution is -0.127. The fraction of sp³-hybridized carbons (Fsp3) is 0.211. The molecule has 2 heterocycles. The van der Waals surface area contributed by atoms with Gasteiger partial charge < -0.3 is 9.80 Å². The first kappa shape index (κ1) is 16.8. The molecule has 1 aliphatic rings. The first-order valence-electron chi connectivity index (χ1n) is 8.06. The zero-order valence-electron chi connectivity index (χ0n) is 13.6. The third-order valence-electron chi connectivity index (χ3n) is 4.10. The van der Waals surface area contributed by atoms with Crippen molar-refractivity contribution in [1.29, 1.82) is 0 Å². The van der Waals surface area contributed by atoms with Crippen LogP contribution in [0.25, 0.3) is 6.08 Å². The van der Waals surface area contributed by atoms with E-state index in [9.17, 15) is 14.0 Å². The minimum Gasteiger partial charge on any atom is -0.336 e. The van der Waals surface area contributed by atoms with Crippen LogP contribution in [0.3, 0.4) is 0 Å². The number of rotatable bonds is 3. The van der Waals surface area contributed by atoms with E-state index in [4.69, 9.17) is 0 Å². The molecule has 6 heteroatoms. The fourth-order valence-electron chi connectivity index (χ4n) is 2.68. The Morgan fingerprint density at radius 3 is 2.40 bits per heavy atom. The van der Waals surface area contributed by atoms with Crippen LogP contribution in [-0.4, -0.2) is 52.8 Å². The van der Waals surface area contributed by atoms with E-state index in [1.54, 1.807) is 46.3 Å². The van der Waals surface area contributed by atoms with E-state index in [2.05, 4.69) is 4.98 Å². The predicted molar refractivity (Wildman–Crippen MR) is 92.2 cm³/mol. The summed E-state index contributed by atoms with van der Waals surface area (Å²) in [7, 11) is 0. The van der Waals surface area contributed by atoms with E-state index in [-0.39, 0.29) is 17.6 Å². The van der Waals surface area contributed by atoms with Crippen LogP contribution >= 0.6 is 0 Å². The molecule has 1 aromatic carbocycles. The van der Waals surface area contributed by atoms with Crippen molar-refractivity contribution in [3.8, 4) is 0 Å². The van der Waals surface area contributed by atoms with Gasteiger partial charge in [-0.2, -0.15) is 0 Å². The Balaban J connectivity index is 1.56. The highest BCUT2D eigenvalue weighted by molar-refractivity contribution is 5.94. The first-order valence-corrected chi connectivity index (χ1v) is 8.06. The number of nitrogens with zero attached hydrogens (tertiary/aromatic N) is 3. The lowest BCUT2D eigenvalue weighted by Crippen LogP contribution is -2.50. The van der Waals surface area contributed by atoms with Crippen molar-refractivity contribution in [1.82, 2.24) is 14.8 Å². The molecule has 128 valence electrons. The summed E-state index contributed by atoms with van der Waals surface area (Å²) in [5.74, 6) is -0.628. The van der Waals surface area contributed by atoms with Crippen LogP contribution in [0, 0.1) is 5.82 Å². The maximum atomic E-state index is 13.6. The third kappa shape index (κ3) is 4.09. The molecule has 1 aliphatic heterocycles. The van der Waals surface area contributed by atoms with Gasteiger partial charge in [-0.15, -0.1) is 0 Å². The highest BCUT2D eigenvalue weighted by Crippen LogP contribution is 2.11. The maximum absolute atomic E-state index is 13.6. The molecule has 2 amide bonds. The fourth-order valence-corrected chi connectivity index (χ4v) is 2.68. The lowest BCUT2D eigenvalue weighted by atomic mass is 10.2. The third-order valence-corrected chi connectivity index (χ3v) is 4.10. The Kier molecular flexibility index (Phi) is 5.18. The zero-order chi connectivity index (χ0) is 17.6. The largest absolute Gasteiger partial charge is 0.336 e. The van der Waals surface area contributed by atoms with E-state index in [0.717, 1.165) is 0 Å². The summed E-state index contributed by atoms with van der Waals surface area (Å²) in [5, 5.41) is 0. The van der Waals surface area contributed by atoms with Gasteiger partial charge in [-0.1, -0.05) is 18.2 Å². The van der Waals surface area contributed by atoms with Gasteiger partial charge in [0.2, 0.25) is 5.91 Å². The van der Waals surface area contributed by atoms with Crippen molar-refractivity contribution in [2.45, 2.75) is 0 Å². The van der Waals surface area contributed by atoms with Crippen LogP contribution in [0.5, 0.6) is 0 Å². The van der Waals surface area contributed by atoms with E-state index >= 15 is 0 Å². The predicted octanol–water partition coefficient (Wildman–Crippen LogP) is 2.22. The quantitative estimate of drug-likeness (QED) is 0.806. The molecule has 1 aromatic heterocycles. The van der Waals surface area contributed by atoms with Crippen molar-refractivity contribution in [2.24, 2.45) is 0 Å². The molecule has 0 unspecified atom stereocenters. The molecule has 2 aromatic rings. The Morgan fingerprint density at radius 1 is 1.00 bits per heavy atom. The molecule has 0 spiro atoms. The Labute approximate surface area is 145 Å². The number of carbonyl (C=O) groups excluding carboxylic acids is 2. The zero-order valence-corrected chi connectivity index (χ0v) is 13.6. The van der Waals surface area contributed by atoms with Gasteiger partial charge in [0.1, 0.15) is 5.82 Å². The summed E-state index contributed by atoms with van der Waals surface area (Å²) in [5.41, 5.74) is 0.919. The number of halogens is 1. The number of aromatic nitrogens is 1. The van der Waals surface area contributed by atoms with Crippen LogP contribution in [0.15, 0.2) is 54.9 Å². The van der Waals surface area contributed by atoms with Crippen LogP contribution in [0.2, 0.25) is 0 Å². The number of benzene rings is 1. The molecule has 0 bridgehead atoms. The summed E-state index contributed by atoms with van der Waals surface area (Å²) in [4.78, 5) is 31.9. The summed E-state index contributed by atoms with van der Waals surface area (Å²) < 4.78 is 13.6. The molecule has 5 nitrogen and oxygen atoms in total. The average Bonchev–Trinajstić information content (AvgIpc) is 2.67. The number of pyridine rings is 1. The van der Waals surface area contributed by atoms with Gasteiger partial charge in [0.15, 0.2) is 0 Å². The van der Waals surface area contributed by atoms with E-state index in [1.165, 1.54) is 24.4 Å². The Bertz CT molecular complexity index is 784. The highest BCUT2D eigenvalue weighted by Gasteiger charge is 2.23. The van der Waals surface area contributed by atoms with Gasteiger partial charge in [0.05, 0.1) is 5.56 Å². The van der Waals surface area contributed by atoms with Gasteiger partial charge in [-0.05, 0) is 24.3 Å². The molecule has 3 rings (SSSR count). The summed E-state index contributed by atoms with van der Waals surface area (Å²) in [6.45, 7) is 1.83. The second kappa shape index (κ2) is 7.70. The Morgan fingerprint density at radius 2 is 1.72 bits per heavy atom. The van der Waals surface area contributed by atoms with Crippen LogP contribution in [0.1, 0.15) is 15.9 Å². The van der Waals surface area contributed by atoms with Crippen molar-refractivity contribution < 1.29 is 14.0 Å². The molecule has 0 atom stereocenters. The normalized spacial score (nSPS) is 14.8. The SMILES string of the molecule is O=C(/C=C/c1ccccc1F)N1CCN(C(=O)c2cccnc2)CC1. The number of hydrogen-bond donors (Lipinski definition) is 0. The van der Waals surface area contributed by atoms with E-state index in [1.807, 2.05) is 0 Å². The van der Waals surface area contributed by atoms with Crippen molar-refractivity contribution in [3.63, 3.8) is 0 Å². The van der Waals surface area contributed by atoms with Gasteiger partial charge in [-0.3, -0.25) is 14.6 Å². The maximum Gasteiger partial charge on any atom is 0.255 e. The van der Waals surface area contributed by atoms with Crippen LogP contribution in [0.4, 0.5) is 4.39 Å². The second-order valence-electron chi connectivity index (χ2n) is 5.71. The molecule has 0 radical (unpaired) electrons. The molecule has 0 N–H and O–H groups in total. The molecule has 0 saturated carbocycles. The lowest BCUT2D eigenvalue weighted by Gasteiger charge is -2.34. The number of amides is 2. The van der Waals surface area contributed by atoms with Crippen molar-refractivity contribution in [2.75, 3.05) is 26.2 Å². The monoisotopic (exact) mass is 339 g/mol. The number of carbonyl (C=O) groups is 2. The van der Waals surface area contributed by atoms with Crippen LogP contribution in [-0.2, 0) is 4.79 Å². The molecule has 1 saturated heterocycles. The topological polar surface area (TPSA) is 53.5 Å². The minimum atomic E-state index is -0.363. The van der Waals surface area contributed by atoms with Gasteiger partial charge >= 0.3 is 0 Å². The van der Waals surface area contributed by atoms with Gasteiger partial charge in [0.25, 0.3) is 5.91 Å². The van der Waals surface area contributed by atoms with Gasteiger partial charge in [0, 0.05) is 50.2 Å². The van der Waals surface area contributed by atoms with E-state index < -0.39 is 0 Å². The van der Waals surface area contributed by atoms with Crippen LogP contribution < -0.4 is 0 Å². The number of hydrogen-bond acceptors (Lipinski definition) is 3. The average molecular weight is 339 g/mol. The van der Waals surface area contributed by atoms with E-state index in [0.29, 0.717) is 37.3 Å². The molecule has 1 fully saturated rings. The molecular formula is C19H18FN3O2. The van der Waals surface area contributed by atoms with Gasteiger partial charge in [-0.25, -0.2) is 4.39 Å². The van der Waals surface area contributed by atoms with Crippen molar-refractivity contribution in [3.05, 3.63) is 71.8 Å². The first-order chi connectivity index (χ1) is 12.1. The summed E-state index contributed by atoms with van der Waals surface area (Å²) in [6, 6.07) is 9.74. The summed E-state index contributed by atoms with van der Waals surface area (Å²) in [6.07, 6.45) is 6.01. The summed E-state index contributed by atoms with van der Waals surface area (Å²) >= 11 is 0. The molecule has 25 heavy (non-hydrogen) atoms. The standard InChI is InChI=1S/C19H18FN3O2/c20-17-6-2-1-4-15(17)7-8-18(24)22-10-12-23(13-11-22)19(25)16-5-3-9-21-14-16/h1-9,14H,10-13H2/b8-7+. The Hall–Kier alpha value is -3.02. The highest BCUT2D eigenvalue weighted by atomic mass is 19.1. The molecule has 0 aliphatic carbocycles. The van der Waals surface area contributed by atoms with Crippen molar-refractivity contribution >= 4 is 17.9 Å². The number of piperazine rings is 1. The minimum absolute atomic E-state index is 0.0814. The smallest absolute Gasteiger partial charge is 0.255 e. The molecular weight excluding hydrogens is 321 g/mol.